The van der Waals surface area contributed by atoms with Crippen LogP contribution in [0.2, 0.25) is 0 Å². The second kappa shape index (κ2) is 6.80. The Morgan fingerprint density at radius 3 is 2.64 bits per heavy atom. The Bertz CT molecular complexity index is 863. The van der Waals surface area contributed by atoms with Crippen LogP contribution in [0.4, 0.5) is 5.82 Å². The van der Waals surface area contributed by atoms with Gasteiger partial charge in [-0.25, -0.2) is 15.0 Å². The van der Waals surface area contributed by atoms with E-state index in [2.05, 4.69) is 67.4 Å². The minimum atomic E-state index is 0.872. The molecule has 1 fully saturated rings. The number of rotatable bonds is 4. The highest BCUT2D eigenvalue weighted by atomic mass is 15.3. The van der Waals surface area contributed by atoms with Crippen LogP contribution < -0.4 is 4.90 Å². The van der Waals surface area contributed by atoms with Gasteiger partial charge in [-0.2, -0.15) is 0 Å². The highest BCUT2D eigenvalue weighted by Crippen LogP contribution is 2.23. The minimum Gasteiger partial charge on any atom is -0.352 e. The molecule has 3 heterocycles. The van der Waals surface area contributed by atoms with Crippen molar-refractivity contribution < 1.29 is 0 Å². The molecule has 6 nitrogen and oxygen atoms in total. The number of aromatic nitrogens is 4. The lowest BCUT2D eigenvalue weighted by Gasteiger charge is -2.35. The number of anilines is 1. The van der Waals surface area contributed by atoms with E-state index in [4.69, 9.17) is 0 Å². The molecule has 1 aromatic carbocycles. The van der Waals surface area contributed by atoms with Crippen LogP contribution in [-0.2, 0) is 13.1 Å². The molecule has 0 unspecified atom stereocenters. The summed E-state index contributed by atoms with van der Waals surface area (Å²) in [6.45, 7) is 10.1. The quantitative estimate of drug-likeness (QED) is 0.732. The highest BCUT2D eigenvalue weighted by molar-refractivity contribution is 5.83. The smallest absolute Gasteiger partial charge is 0.165 e. The van der Waals surface area contributed by atoms with E-state index < -0.39 is 0 Å². The Labute approximate surface area is 148 Å². The van der Waals surface area contributed by atoms with Gasteiger partial charge in [-0.05, 0) is 19.4 Å². The third-order valence-corrected chi connectivity index (χ3v) is 4.88. The molecule has 0 aliphatic carbocycles. The van der Waals surface area contributed by atoms with Crippen LogP contribution in [-0.4, -0.2) is 50.6 Å². The van der Waals surface area contributed by atoms with Gasteiger partial charge in [0.2, 0.25) is 0 Å². The molecule has 0 bridgehead atoms. The molecule has 2 aromatic heterocycles. The first-order chi connectivity index (χ1) is 12.2. The second-order valence-corrected chi connectivity index (χ2v) is 6.65. The van der Waals surface area contributed by atoms with E-state index in [1.165, 1.54) is 11.1 Å². The topological polar surface area (TPSA) is 50.1 Å². The van der Waals surface area contributed by atoms with Crippen LogP contribution in [0, 0.1) is 6.92 Å². The average Bonchev–Trinajstić information content (AvgIpc) is 3.06. The molecule has 1 aliphatic heterocycles. The maximum atomic E-state index is 4.54. The predicted octanol–water partition coefficient (Wildman–Crippen LogP) is 2.48. The summed E-state index contributed by atoms with van der Waals surface area (Å²) >= 11 is 0. The van der Waals surface area contributed by atoms with Crippen molar-refractivity contribution in [1.82, 2.24) is 24.4 Å². The number of benzene rings is 1. The normalized spacial score (nSPS) is 15.8. The van der Waals surface area contributed by atoms with Gasteiger partial charge in [0.25, 0.3) is 0 Å². The third kappa shape index (κ3) is 3.22. The summed E-state index contributed by atoms with van der Waals surface area (Å²) in [7, 11) is 0. The van der Waals surface area contributed by atoms with Gasteiger partial charge in [0.05, 0.1) is 6.33 Å². The molecule has 6 heteroatoms. The lowest BCUT2D eigenvalue weighted by atomic mass is 10.1. The molecular weight excluding hydrogens is 312 g/mol. The fourth-order valence-corrected chi connectivity index (χ4v) is 3.52. The Morgan fingerprint density at radius 1 is 1.04 bits per heavy atom. The maximum absolute atomic E-state index is 4.54. The zero-order valence-electron chi connectivity index (χ0n) is 14.9. The SMILES string of the molecule is CCn1cnc2c(N3CCN(Cc4cccc(C)c4)CC3)ncnc21. The molecule has 130 valence electrons. The first-order valence-electron chi connectivity index (χ1n) is 8.93. The van der Waals surface area contributed by atoms with Crippen LogP contribution >= 0.6 is 0 Å². The monoisotopic (exact) mass is 336 g/mol. The summed E-state index contributed by atoms with van der Waals surface area (Å²) < 4.78 is 2.06. The van der Waals surface area contributed by atoms with Crippen molar-refractivity contribution in [2.45, 2.75) is 26.9 Å². The molecular formula is C19H24N6. The summed E-state index contributed by atoms with van der Waals surface area (Å²) in [6.07, 6.45) is 3.52. The van der Waals surface area contributed by atoms with Gasteiger partial charge >= 0.3 is 0 Å². The number of piperazine rings is 1. The van der Waals surface area contributed by atoms with Crippen LogP contribution in [0.1, 0.15) is 18.1 Å². The van der Waals surface area contributed by atoms with E-state index in [0.29, 0.717) is 0 Å². The fourth-order valence-electron chi connectivity index (χ4n) is 3.52. The summed E-state index contributed by atoms with van der Waals surface area (Å²) in [4.78, 5) is 18.3. The van der Waals surface area contributed by atoms with Gasteiger partial charge in [0.1, 0.15) is 6.33 Å². The summed E-state index contributed by atoms with van der Waals surface area (Å²) in [5.74, 6) is 0.965. The summed E-state index contributed by atoms with van der Waals surface area (Å²) in [5, 5.41) is 0. The molecule has 1 saturated heterocycles. The summed E-state index contributed by atoms with van der Waals surface area (Å²) in [6, 6.07) is 8.78. The Morgan fingerprint density at radius 2 is 1.88 bits per heavy atom. The second-order valence-electron chi connectivity index (χ2n) is 6.65. The molecule has 0 spiro atoms. The maximum Gasteiger partial charge on any atom is 0.165 e. The van der Waals surface area contributed by atoms with E-state index in [9.17, 15) is 0 Å². The van der Waals surface area contributed by atoms with Crippen LogP contribution in [0.3, 0.4) is 0 Å². The van der Waals surface area contributed by atoms with Gasteiger partial charge in [-0.1, -0.05) is 29.8 Å². The van der Waals surface area contributed by atoms with Crippen LogP contribution in [0.5, 0.6) is 0 Å². The standard InChI is InChI=1S/C19H24N6/c1-3-24-14-22-17-18(24)20-13-21-19(17)25-9-7-23(8-10-25)12-16-6-4-5-15(2)11-16/h4-6,11,13-14H,3,7-10,12H2,1-2H3. The minimum absolute atomic E-state index is 0.872. The molecule has 0 atom stereocenters. The van der Waals surface area contributed by atoms with Crippen LogP contribution in [0.15, 0.2) is 36.9 Å². The molecule has 3 aromatic rings. The Hall–Kier alpha value is -2.47. The lowest BCUT2D eigenvalue weighted by molar-refractivity contribution is 0.249. The van der Waals surface area contributed by atoms with E-state index >= 15 is 0 Å². The average molecular weight is 336 g/mol. The van der Waals surface area contributed by atoms with Crippen molar-refractivity contribution >= 4 is 17.0 Å². The summed E-state index contributed by atoms with van der Waals surface area (Å²) in [5.41, 5.74) is 4.55. The first kappa shape index (κ1) is 16.0. The van der Waals surface area contributed by atoms with Gasteiger partial charge in [-0.3, -0.25) is 4.90 Å². The molecule has 0 radical (unpaired) electrons. The van der Waals surface area contributed by atoms with Gasteiger partial charge in [0.15, 0.2) is 17.0 Å². The van der Waals surface area contributed by atoms with E-state index in [0.717, 1.165) is 56.3 Å². The zero-order valence-corrected chi connectivity index (χ0v) is 14.9. The van der Waals surface area contributed by atoms with E-state index in [1.54, 1.807) is 6.33 Å². The molecule has 0 saturated carbocycles. The van der Waals surface area contributed by atoms with Gasteiger partial charge in [-0.15, -0.1) is 0 Å². The van der Waals surface area contributed by atoms with Crippen molar-refractivity contribution in [3.05, 3.63) is 48.0 Å². The van der Waals surface area contributed by atoms with Crippen LogP contribution in [0.25, 0.3) is 11.2 Å². The highest BCUT2D eigenvalue weighted by Gasteiger charge is 2.21. The van der Waals surface area contributed by atoms with Crippen molar-refractivity contribution in [2.75, 3.05) is 31.1 Å². The molecule has 1 aliphatic rings. The lowest BCUT2D eigenvalue weighted by Crippen LogP contribution is -2.46. The van der Waals surface area contributed by atoms with Crippen molar-refractivity contribution in [3.63, 3.8) is 0 Å². The van der Waals surface area contributed by atoms with Gasteiger partial charge in [0, 0.05) is 39.3 Å². The van der Waals surface area contributed by atoms with E-state index in [1.807, 2.05) is 6.33 Å². The molecule has 25 heavy (non-hydrogen) atoms. The Kier molecular flexibility index (Phi) is 4.36. The molecule has 4 rings (SSSR count). The van der Waals surface area contributed by atoms with E-state index in [-0.39, 0.29) is 0 Å². The number of fused-ring (bicyclic) bond motifs is 1. The molecule has 0 amide bonds. The largest absolute Gasteiger partial charge is 0.352 e. The number of aryl methyl sites for hydroxylation is 2. The zero-order chi connectivity index (χ0) is 17.2. The predicted molar refractivity (Wildman–Crippen MR) is 99.7 cm³/mol. The molecule has 0 N–H and O–H groups in total. The number of hydrogen-bond acceptors (Lipinski definition) is 5. The fraction of sp³-hybridized carbons (Fsp3) is 0.421. The third-order valence-electron chi connectivity index (χ3n) is 4.88. The Balaban J connectivity index is 1.46. The van der Waals surface area contributed by atoms with Crippen molar-refractivity contribution in [3.8, 4) is 0 Å². The van der Waals surface area contributed by atoms with Crippen molar-refractivity contribution in [2.24, 2.45) is 0 Å². The van der Waals surface area contributed by atoms with Crippen molar-refractivity contribution in [1.29, 1.82) is 0 Å². The first-order valence-corrected chi connectivity index (χ1v) is 8.93. The van der Waals surface area contributed by atoms with Gasteiger partial charge < -0.3 is 9.47 Å². The number of hydrogen-bond donors (Lipinski definition) is 0. The number of imidazole rings is 1. The number of nitrogens with zero attached hydrogens (tertiary/aromatic N) is 6.